The van der Waals surface area contributed by atoms with Gasteiger partial charge in [-0.3, -0.25) is 14.5 Å². The lowest BCUT2D eigenvalue weighted by atomic mass is 9.85. The molecule has 0 spiro atoms. The Morgan fingerprint density at radius 3 is 2.89 bits per heavy atom. The number of aryl methyl sites for hydroxylation is 1. The number of amides is 3. The van der Waals surface area contributed by atoms with Crippen LogP contribution < -0.4 is 10.6 Å². The van der Waals surface area contributed by atoms with Gasteiger partial charge in [0.05, 0.1) is 12.1 Å². The molecule has 1 aromatic heterocycles. The smallest absolute Gasteiger partial charge is 0.410 e. The molecule has 1 saturated heterocycles. The fourth-order valence-corrected chi connectivity index (χ4v) is 3.77. The third kappa shape index (κ3) is 4.82. The van der Waals surface area contributed by atoms with E-state index in [0.717, 1.165) is 25.7 Å². The highest BCUT2D eigenvalue weighted by Crippen LogP contribution is 2.24. The minimum atomic E-state index is -0.448. The number of carbonyl (C=O) groups excluding carboxylic acids is 3. The number of aromatic nitrogens is 1. The second kappa shape index (κ2) is 8.78. The van der Waals surface area contributed by atoms with E-state index in [1.165, 1.54) is 4.90 Å². The van der Waals surface area contributed by atoms with Crippen LogP contribution in [0.3, 0.4) is 0 Å². The Bertz CT molecular complexity index is 797. The van der Waals surface area contributed by atoms with Gasteiger partial charge in [0.1, 0.15) is 24.9 Å². The van der Waals surface area contributed by atoms with Gasteiger partial charge in [-0.1, -0.05) is 6.42 Å². The first-order valence-corrected chi connectivity index (χ1v) is 9.52. The molecular weight excluding hydrogens is 362 g/mol. The SMILES string of the molecule is Cn1cc(C#N)cc1C(=O)N[C@H]1CCC[C@@H](CNC(=O)CN2CCOC2=O)C1. The Labute approximate surface area is 163 Å². The van der Waals surface area contributed by atoms with Crippen molar-refractivity contribution in [3.8, 4) is 6.07 Å². The molecule has 2 N–H and O–H groups in total. The largest absolute Gasteiger partial charge is 0.448 e. The fraction of sp³-hybridized carbons (Fsp3) is 0.579. The Kier molecular flexibility index (Phi) is 6.19. The predicted octanol–water partition coefficient (Wildman–Crippen LogP) is 0.754. The van der Waals surface area contributed by atoms with Gasteiger partial charge in [-0.2, -0.15) is 5.26 Å². The fourth-order valence-electron chi connectivity index (χ4n) is 3.77. The minimum Gasteiger partial charge on any atom is -0.448 e. The normalized spacial score (nSPS) is 21.7. The minimum absolute atomic E-state index is 0.0143. The molecular formula is C19H25N5O4. The average Bonchev–Trinajstić information content (AvgIpc) is 3.25. The van der Waals surface area contributed by atoms with Crippen LogP contribution >= 0.6 is 0 Å². The second-order valence-corrected chi connectivity index (χ2v) is 7.38. The highest BCUT2D eigenvalue weighted by molar-refractivity contribution is 5.93. The number of rotatable bonds is 6. The zero-order valence-corrected chi connectivity index (χ0v) is 15.9. The molecule has 1 saturated carbocycles. The molecule has 1 aliphatic carbocycles. The summed E-state index contributed by atoms with van der Waals surface area (Å²) in [5.41, 5.74) is 0.920. The van der Waals surface area contributed by atoms with E-state index < -0.39 is 6.09 Å². The molecule has 28 heavy (non-hydrogen) atoms. The van der Waals surface area contributed by atoms with Crippen LogP contribution in [-0.4, -0.2) is 59.7 Å². The molecule has 9 heteroatoms. The number of hydrogen-bond acceptors (Lipinski definition) is 5. The van der Waals surface area contributed by atoms with Gasteiger partial charge in [0, 0.05) is 25.8 Å². The molecule has 2 aliphatic rings. The first-order valence-electron chi connectivity index (χ1n) is 9.52. The van der Waals surface area contributed by atoms with E-state index in [0.29, 0.717) is 31.0 Å². The van der Waals surface area contributed by atoms with Crippen molar-refractivity contribution in [1.82, 2.24) is 20.1 Å². The maximum Gasteiger partial charge on any atom is 0.410 e. The van der Waals surface area contributed by atoms with Gasteiger partial charge in [0.2, 0.25) is 5.91 Å². The molecule has 0 aromatic carbocycles. The van der Waals surface area contributed by atoms with Crippen LogP contribution in [0, 0.1) is 17.2 Å². The summed E-state index contributed by atoms with van der Waals surface area (Å²) in [6, 6.07) is 3.66. The van der Waals surface area contributed by atoms with Crippen LogP contribution in [0.5, 0.6) is 0 Å². The van der Waals surface area contributed by atoms with Crippen molar-refractivity contribution < 1.29 is 19.1 Å². The molecule has 2 heterocycles. The monoisotopic (exact) mass is 387 g/mol. The highest BCUT2D eigenvalue weighted by Gasteiger charge is 2.27. The summed E-state index contributed by atoms with van der Waals surface area (Å²) in [5, 5.41) is 14.9. The molecule has 3 rings (SSSR count). The van der Waals surface area contributed by atoms with Gasteiger partial charge in [0.15, 0.2) is 0 Å². The maximum absolute atomic E-state index is 12.5. The molecule has 0 bridgehead atoms. The van der Waals surface area contributed by atoms with Gasteiger partial charge in [-0.05, 0) is 31.2 Å². The van der Waals surface area contributed by atoms with Crippen molar-refractivity contribution in [2.45, 2.75) is 31.7 Å². The van der Waals surface area contributed by atoms with Gasteiger partial charge in [-0.15, -0.1) is 0 Å². The van der Waals surface area contributed by atoms with Crippen LogP contribution in [0.25, 0.3) is 0 Å². The Hall–Kier alpha value is -3.02. The molecule has 3 amide bonds. The molecule has 1 aliphatic heterocycles. The number of nitriles is 1. The number of ether oxygens (including phenoxy) is 1. The topological polar surface area (TPSA) is 116 Å². The highest BCUT2D eigenvalue weighted by atomic mass is 16.6. The van der Waals surface area contributed by atoms with Crippen LogP contribution in [0.1, 0.15) is 41.7 Å². The summed E-state index contributed by atoms with van der Waals surface area (Å²) in [4.78, 5) is 37.3. The Balaban J connectivity index is 1.45. The molecule has 0 unspecified atom stereocenters. The lowest BCUT2D eigenvalue weighted by molar-refractivity contribution is -0.121. The van der Waals surface area contributed by atoms with E-state index in [1.54, 1.807) is 23.9 Å². The quantitative estimate of drug-likeness (QED) is 0.747. The van der Waals surface area contributed by atoms with E-state index in [2.05, 4.69) is 10.6 Å². The van der Waals surface area contributed by atoms with Gasteiger partial charge >= 0.3 is 6.09 Å². The third-order valence-corrected chi connectivity index (χ3v) is 5.25. The van der Waals surface area contributed by atoms with Gasteiger partial charge in [0.25, 0.3) is 5.91 Å². The number of carbonyl (C=O) groups is 3. The summed E-state index contributed by atoms with van der Waals surface area (Å²) < 4.78 is 6.46. The van der Waals surface area contributed by atoms with Gasteiger partial charge < -0.3 is 19.9 Å². The first-order chi connectivity index (χ1) is 13.5. The second-order valence-electron chi connectivity index (χ2n) is 7.38. The van der Waals surface area contributed by atoms with Crippen molar-refractivity contribution in [3.05, 3.63) is 23.5 Å². The summed E-state index contributed by atoms with van der Waals surface area (Å²) in [6.07, 6.45) is 4.82. The van der Waals surface area contributed by atoms with E-state index >= 15 is 0 Å². The number of hydrogen-bond donors (Lipinski definition) is 2. The standard InChI is InChI=1S/C19H25N5O4/c1-23-11-14(9-20)8-16(23)18(26)22-15-4-2-3-13(7-15)10-21-17(25)12-24-5-6-28-19(24)27/h8,11,13,15H,2-7,10,12H2,1H3,(H,21,25)(H,22,26)/t13-,15+/m1/s1. The van der Waals surface area contributed by atoms with Crippen LogP contribution in [0.4, 0.5) is 4.79 Å². The van der Waals surface area contributed by atoms with Crippen LogP contribution in [-0.2, 0) is 16.6 Å². The first kappa shape index (κ1) is 19.7. The number of nitrogens with one attached hydrogen (secondary N) is 2. The summed E-state index contributed by atoms with van der Waals surface area (Å²) in [7, 11) is 1.74. The van der Waals surface area contributed by atoms with Gasteiger partial charge in [-0.25, -0.2) is 4.79 Å². The van der Waals surface area contributed by atoms with Crippen LogP contribution in [0.2, 0.25) is 0 Å². The molecule has 150 valence electrons. The summed E-state index contributed by atoms with van der Waals surface area (Å²) >= 11 is 0. The summed E-state index contributed by atoms with van der Waals surface area (Å²) in [5.74, 6) is -0.110. The Morgan fingerprint density at radius 2 is 2.21 bits per heavy atom. The molecule has 1 aromatic rings. The zero-order valence-electron chi connectivity index (χ0n) is 15.9. The van der Waals surface area contributed by atoms with Crippen molar-refractivity contribution in [3.63, 3.8) is 0 Å². The lowest BCUT2D eigenvalue weighted by Gasteiger charge is -2.30. The third-order valence-electron chi connectivity index (χ3n) is 5.25. The van der Waals surface area contributed by atoms with E-state index in [4.69, 9.17) is 10.00 Å². The Morgan fingerprint density at radius 1 is 1.39 bits per heavy atom. The van der Waals surface area contributed by atoms with Crippen molar-refractivity contribution in [2.75, 3.05) is 26.2 Å². The average molecular weight is 387 g/mol. The molecule has 2 atom stereocenters. The predicted molar refractivity (Wildman–Crippen MR) is 99.3 cm³/mol. The zero-order chi connectivity index (χ0) is 20.1. The molecule has 0 radical (unpaired) electrons. The van der Waals surface area contributed by atoms with Crippen molar-refractivity contribution >= 4 is 17.9 Å². The number of nitrogens with zero attached hydrogens (tertiary/aromatic N) is 3. The van der Waals surface area contributed by atoms with Crippen molar-refractivity contribution in [1.29, 1.82) is 5.26 Å². The maximum atomic E-state index is 12.5. The molecule has 2 fully saturated rings. The van der Waals surface area contributed by atoms with Crippen LogP contribution in [0.15, 0.2) is 12.3 Å². The van der Waals surface area contributed by atoms with E-state index in [1.807, 2.05) is 6.07 Å². The molecule has 9 nitrogen and oxygen atoms in total. The van der Waals surface area contributed by atoms with E-state index in [-0.39, 0.29) is 30.3 Å². The van der Waals surface area contributed by atoms with Crippen molar-refractivity contribution in [2.24, 2.45) is 13.0 Å². The number of cyclic esters (lactones) is 1. The lowest BCUT2D eigenvalue weighted by Crippen LogP contribution is -2.43. The van der Waals surface area contributed by atoms with E-state index in [9.17, 15) is 14.4 Å². The summed E-state index contributed by atoms with van der Waals surface area (Å²) in [6.45, 7) is 1.31.